The summed E-state index contributed by atoms with van der Waals surface area (Å²) in [7, 11) is 0. The zero-order valence-corrected chi connectivity index (χ0v) is 23.4. The topological polar surface area (TPSA) is 77.1 Å². The maximum absolute atomic E-state index is 13.4. The van der Waals surface area contributed by atoms with Gasteiger partial charge in [0.1, 0.15) is 23.6 Å². The third-order valence-corrected chi connectivity index (χ3v) is 6.86. The van der Waals surface area contributed by atoms with E-state index in [0.717, 1.165) is 17.7 Å². The number of halogens is 3. The van der Waals surface area contributed by atoms with Crippen molar-refractivity contribution in [1.29, 1.82) is 0 Å². The van der Waals surface area contributed by atoms with Gasteiger partial charge in [0, 0.05) is 31.0 Å². The minimum atomic E-state index is -2.66. The smallest absolute Gasteiger partial charge is 0.272 e. The lowest BCUT2D eigenvalue weighted by molar-refractivity contribution is -0.134. The van der Waals surface area contributed by atoms with E-state index in [2.05, 4.69) is 27.9 Å². The number of nitrogens with zero attached hydrogens (tertiary/aromatic N) is 1. The van der Waals surface area contributed by atoms with Crippen molar-refractivity contribution in [3.8, 4) is 17.2 Å². The maximum Gasteiger partial charge on any atom is 0.272 e. The van der Waals surface area contributed by atoms with E-state index in [1.54, 1.807) is 29.2 Å². The number of fused-ring (bicyclic) bond motifs is 1. The fourth-order valence-corrected chi connectivity index (χ4v) is 5.06. The van der Waals surface area contributed by atoms with Crippen LogP contribution in [0.4, 0.5) is 8.78 Å². The van der Waals surface area contributed by atoms with Gasteiger partial charge in [0.25, 0.3) is 5.92 Å². The number of rotatable bonds is 14. The Balaban J connectivity index is 1.21. The van der Waals surface area contributed by atoms with Crippen LogP contribution in [0.1, 0.15) is 48.0 Å². The summed E-state index contributed by atoms with van der Waals surface area (Å²) in [5.41, 5.74) is 1.60. The standard InChI is InChI=1S/C28H33F2IN2O5/c29-28(30)17-33(18-28)16-22(14-20-6-11-25-26(15-20)37-13-12-36-25)32-27(35)5-3-1-2-4-24(34)21-7-9-23(10-8-21)38-19-31/h6-11,15,22H,1-5,12-14,16-19H2,(H,32,35)/t22-/m0/s1. The molecule has 1 atom stereocenters. The van der Waals surface area contributed by atoms with Gasteiger partial charge in [-0.25, -0.2) is 8.78 Å². The van der Waals surface area contributed by atoms with E-state index in [0.29, 0.717) is 73.5 Å². The quantitative estimate of drug-likeness (QED) is 0.135. The van der Waals surface area contributed by atoms with E-state index in [9.17, 15) is 18.4 Å². The Labute approximate surface area is 235 Å². The number of carbonyl (C=O) groups excluding carboxylic acids is 2. The second-order valence-corrected chi connectivity index (χ2v) is 10.4. The van der Waals surface area contributed by atoms with Crippen molar-refractivity contribution in [2.24, 2.45) is 0 Å². The second-order valence-electron chi connectivity index (χ2n) is 9.73. The molecule has 0 bridgehead atoms. The first kappa shape index (κ1) is 28.5. The maximum atomic E-state index is 13.4. The number of unbranched alkanes of at least 4 members (excludes halogenated alkanes) is 2. The van der Waals surface area contributed by atoms with E-state index < -0.39 is 5.92 Å². The molecule has 2 aromatic rings. The summed E-state index contributed by atoms with van der Waals surface area (Å²) in [5.74, 6) is -0.624. The molecule has 1 fully saturated rings. The number of hydrogen-bond donors (Lipinski definition) is 1. The molecule has 38 heavy (non-hydrogen) atoms. The van der Waals surface area contributed by atoms with E-state index in [1.807, 2.05) is 18.2 Å². The number of ketones is 1. The molecule has 0 radical (unpaired) electrons. The molecule has 0 spiro atoms. The third-order valence-electron chi connectivity index (χ3n) is 6.55. The summed E-state index contributed by atoms with van der Waals surface area (Å²) in [4.78, 5) is 26.8. The average molecular weight is 642 g/mol. The van der Waals surface area contributed by atoms with Crippen molar-refractivity contribution in [1.82, 2.24) is 10.2 Å². The van der Waals surface area contributed by atoms with E-state index in [-0.39, 0.29) is 30.8 Å². The van der Waals surface area contributed by atoms with Gasteiger partial charge in [-0.3, -0.25) is 14.5 Å². The molecule has 4 rings (SSSR count). The molecule has 10 heteroatoms. The van der Waals surface area contributed by atoms with Crippen LogP contribution in [0.5, 0.6) is 17.2 Å². The Bertz CT molecular complexity index is 1090. The van der Waals surface area contributed by atoms with Crippen molar-refractivity contribution >= 4 is 34.3 Å². The van der Waals surface area contributed by atoms with Crippen LogP contribution in [0, 0.1) is 0 Å². The Morgan fingerprint density at radius 3 is 2.42 bits per heavy atom. The van der Waals surface area contributed by atoms with Crippen LogP contribution >= 0.6 is 22.6 Å². The number of amides is 1. The highest BCUT2D eigenvalue weighted by Crippen LogP contribution is 2.32. The van der Waals surface area contributed by atoms with Gasteiger partial charge < -0.3 is 19.5 Å². The SMILES string of the molecule is O=C(CCCCCC(=O)c1ccc(OCI)cc1)N[C@@H](Cc1ccc2c(c1)OCCO2)CN1CC(F)(F)C1. The normalized spacial score (nSPS) is 16.8. The van der Waals surface area contributed by atoms with Gasteiger partial charge in [-0.15, -0.1) is 0 Å². The predicted octanol–water partition coefficient (Wildman–Crippen LogP) is 5.04. The molecular weight excluding hydrogens is 609 g/mol. The molecule has 1 N–H and O–H groups in total. The highest BCUT2D eigenvalue weighted by molar-refractivity contribution is 14.1. The monoisotopic (exact) mass is 642 g/mol. The first-order valence-corrected chi connectivity index (χ1v) is 14.4. The van der Waals surface area contributed by atoms with Crippen LogP contribution in [0.2, 0.25) is 0 Å². The van der Waals surface area contributed by atoms with Crippen LogP contribution < -0.4 is 19.5 Å². The molecule has 2 aromatic carbocycles. The van der Waals surface area contributed by atoms with Gasteiger partial charge >= 0.3 is 0 Å². The number of ether oxygens (including phenoxy) is 3. The van der Waals surface area contributed by atoms with Crippen LogP contribution in [0.3, 0.4) is 0 Å². The molecule has 0 unspecified atom stereocenters. The number of nitrogens with one attached hydrogen (secondary N) is 1. The molecule has 7 nitrogen and oxygen atoms in total. The number of Topliss-reactive ketones (excluding diaryl/α,β-unsaturated/α-hetero) is 1. The first-order chi connectivity index (χ1) is 18.3. The van der Waals surface area contributed by atoms with Crippen molar-refractivity contribution in [3.63, 3.8) is 0 Å². The Morgan fingerprint density at radius 1 is 1.00 bits per heavy atom. The fraction of sp³-hybridized carbons (Fsp3) is 0.500. The molecule has 1 saturated heterocycles. The van der Waals surface area contributed by atoms with E-state index in [1.165, 1.54) is 0 Å². The summed E-state index contributed by atoms with van der Waals surface area (Å²) in [6, 6.07) is 12.5. The lowest BCUT2D eigenvalue weighted by atomic mass is 10.0. The van der Waals surface area contributed by atoms with Gasteiger partial charge in [0.05, 0.1) is 13.1 Å². The first-order valence-electron chi connectivity index (χ1n) is 12.9. The van der Waals surface area contributed by atoms with Crippen LogP contribution in [0.15, 0.2) is 42.5 Å². The summed E-state index contributed by atoms with van der Waals surface area (Å²) in [6.45, 7) is 0.756. The molecule has 0 aliphatic carbocycles. The molecule has 0 saturated carbocycles. The van der Waals surface area contributed by atoms with Crippen molar-refractivity contribution in [3.05, 3.63) is 53.6 Å². The average Bonchev–Trinajstić information content (AvgIpc) is 2.88. The van der Waals surface area contributed by atoms with Crippen molar-refractivity contribution < 1.29 is 32.6 Å². The second kappa shape index (κ2) is 13.5. The number of alkyl halides is 3. The number of hydrogen-bond acceptors (Lipinski definition) is 6. The highest BCUT2D eigenvalue weighted by atomic mass is 127. The zero-order valence-electron chi connectivity index (χ0n) is 21.2. The number of likely N-dealkylation sites (tertiary alicyclic amines) is 1. The minimum Gasteiger partial charge on any atom is -0.486 e. The summed E-state index contributed by atoms with van der Waals surface area (Å²) < 4.78 is 43.9. The Kier molecular flexibility index (Phi) is 10.2. The molecule has 2 aliphatic heterocycles. The van der Waals surface area contributed by atoms with Crippen molar-refractivity contribution in [2.45, 2.75) is 50.5 Å². The van der Waals surface area contributed by atoms with Crippen molar-refractivity contribution in [2.75, 3.05) is 37.5 Å². The van der Waals surface area contributed by atoms with Gasteiger partial charge in [-0.1, -0.05) is 12.5 Å². The van der Waals surface area contributed by atoms with Crippen LogP contribution in [-0.4, -0.2) is 66.0 Å². The minimum absolute atomic E-state index is 0.0707. The molecule has 1 amide bonds. The number of carbonyl (C=O) groups is 2. The summed E-state index contributed by atoms with van der Waals surface area (Å²) >= 11 is 2.12. The van der Waals surface area contributed by atoms with Crippen LogP contribution in [-0.2, 0) is 11.2 Å². The fourth-order valence-electron chi connectivity index (χ4n) is 4.70. The Morgan fingerprint density at radius 2 is 1.71 bits per heavy atom. The molecular formula is C28H33F2IN2O5. The van der Waals surface area contributed by atoms with E-state index in [4.69, 9.17) is 14.2 Å². The summed E-state index contributed by atoms with van der Waals surface area (Å²) in [6.07, 6.45) is 3.34. The number of benzene rings is 2. The predicted molar refractivity (Wildman–Crippen MR) is 148 cm³/mol. The van der Waals surface area contributed by atoms with Gasteiger partial charge in [0.2, 0.25) is 5.91 Å². The van der Waals surface area contributed by atoms with Crippen LogP contribution in [0.25, 0.3) is 0 Å². The van der Waals surface area contributed by atoms with Gasteiger partial charge in [0.15, 0.2) is 17.3 Å². The third kappa shape index (κ3) is 8.52. The largest absolute Gasteiger partial charge is 0.486 e. The summed E-state index contributed by atoms with van der Waals surface area (Å²) in [5, 5.41) is 3.04. The highest BCUT2D eigenvalue weighted by Gasteiger charge is 2.44. The molecule has 206 valence electrons. The van der Waals surface area contributed by atoms with E-state index >= 15 is 0 Å². The zero-order chi connectivity index (χ0) is 27.0. The lowest BCUT2D eigenvalue weighted by Gasteiger charge is -2.40. The molecule has 0 aromatic heterocycles. The molecule has 2 aliphatic rings. The molecule has 2 heterocycles. The van der Waals surface area contributed by atoms with Gasteiger partial charge in [-0.2, -0.15) is 0 Å². The lowest BCUT2D eigenvalue weighted by Crippen LogP contribution is -2.60. The Hall–Kier alpha value is -2.47. The van der Waals surface area contributed by atoms with Gasteiger partial charge in [-0.05, 0) is 83.8 Å².